The first-order valence-corrected chi connectivity index (χ1v) is 13.5. The third kappa shape index (κ3) is 5.19. The SMILES string of the molecule is Cc1nc(C2COc3ccccc3O2)sc1-c1nnc(Cc2ccc(Cl)c(Oc3cc(Cl)cc(C#N)c3)c2F)o1. The number of para-hydroxylation sites is 2. The molecule has 1 aliphatic heterocycles. The van der Waals surface area contributed by atoms with Crippen molar-refractivity contribution in [1.82, 2.24) is 15.2 Å². The van der Waals surface area contributed by atoms with Crippen LogP contribution in [0.4, 0.5) is 4.39 Å². The number of thiazole rings is 1. The Labute approximate surface area is 241 Å². The van der Waals surface area contributed by atoms with Crippen molar-refractivity contribution < 1.29 is 23.0 Å². The summed E-state index contributed by atoms with van der Waals surface area (Å²) in [4.78, 5) is 5.32. The average Bonchev–Trinajstić information content (AvgIpc) is 3.58. The molecule has 1 aliphatic rings. The summed E-state index contributed by atoms with van der Waals surface area (Å²) in [7, 11) is 0. The van der Waals surface area contributed by atoms with Crippen LogP contribution in [0.3, 0.4) is 0 Å². The fraction of sp³-hybridized carbons (Fsp3) is 0.143. The molecule has 0 amide bonds. The van der Waals surface area contributed by atoms with Gasteiger partial charge >= 0.3 is 0 Å². The molecule has 2 aromatic heterocycles. The van der Waals surface area contributed by atoms with Gasteiger partial charge in [0, 0.05) is 10.6 Å². The first-order valence-electron chi connectivity index (χ1n) is 11.9. The molecule has 3 aromatic carbocycles. The Bertz CT molecular complexity index is 1780. The van der Waals surface area contributed by atoms with Crippen LogP contribution in [0, 0.1) is 24.1 Å². The minimum atomic E-state index is -0.697. The molecule has 200 valence electrons. The number of ether oxygens (including phenoxy) is 3. The number of nitriles is 1. The van der Waals surface area contributed by atoms with Crippen LogP contribution in [0.15, 0.2) is 59.0 Å². The molecule has 3 heterocycles. The number of aromatic nitrogens is 3. The van der Waals surface area contributed by atoms with Gasteiger partial charge in [-0.15, -0.1) is 21.5 Å². The largest absolute Gasteiger partial charge is 0.485 e. The molecule has 0 saturated carbocycles. The molecule has 1 atom stereocenters. The molecular weight excluding hydrogens is 578 g/mol. The molecule has 0 aliphatic carbocycles. The third-order valence-corrected chi connectivity index (χ3v) is 7.70. The number of halogens is 3. The number of fused-ring (bicyclic) bond motifs is 1. The molecule has 6 rings (SSSR count). The Balaban J connectivity index is 1.21. The van der Waals surface area contributed by atoms with Crippen molar-refractivity contribution in [2.75, 3.05) is 6.61 Å². The Morgan fingerprint density at radius 1 is 1.12 bits per heavy atom. The monoisotopic (exact) mass is 594 g/mol. The van der Waals surface area contributed by atoms with Crippen LogP contribution < -0.4 is 14.2 Å². The second-order valence-corrected chi connectivity index (χ2v) is 10.6. The Morgan fingerprint density at radius 3 is 2.77 bits per heavy atom. The molecule has 0 radical (unpaired) electrons. The summed E-state index contributed by atoms with van der Waals surface area (Å²) >= 11 is 13.6. The highest BCUT2D eigenvalue weighted by atomic mass is 35.5. The van der Waals surface area contributed by atoms with Gasteiger partial charge in [0.05, 0.1) is 28.8 Å². The van der Waals surface area contributed by atoms with Crippen molar-refractivity contribution in [3.05, 3.63) is 98.2 Å². The van der Waals surface area contributed by atoms with Crippen molar-refractivity contribution in [1.29, 1.82) is 5.26 Å². The van der Waals surface area contributed by atoms with E-state index in [4.69, 9.17) is 41.8 Å². The van der Waals surface area contributed by atoms with Gasteiger partial charge in [0.15, 0.2) is 29.2 Å². The van der Waals surface area contributed by atoms with Crippen LogP contribution in [0.25, 0.3) is 10.8 Å². The Hall–Kier alpha value is -4.17. The number of aryl methyl sites for hydroxylation is 1. The number of nitrogens with zero attached hydrogens (tertiary/aromatic N) is 4. The van der Waals surface area contributed by atoms with E-state index in [9.17, 15) is 5.26 Å². The van der Waals surface area contributed by atoms with Crippen LogP contribution in [0.2, 0.25) is 10.0 Å². The molecule has 0 N–H and O–H groups in total. The van der Waals surface area contributed by atoms with E-state index in [-0.39, 0.29) is 57.0 Å². The fourth-order valence-electron chi connectivity index (χ4n) is 4.08. The second kappa shape index (κ2) is 10.8. The van der Waals surface area contributed by atoms with E-state index in [1.807, 2.05) is 37.3 Å². The van der Waals surface area contributed by atoms with Crippen molar-refractivity contribution in [2.24, 2.45) is 0 Å². The summed E-state index contributed by atoms with van der Waals surface area (Å²) in [6.45, 7) is 2.17. The molecule has 12 heteroatoms. The lowest BCUT2D eigenvalue weighted by molar-refractivity contribution is 0.0910. The molecular formula is C28H17Cl2FN4O4S. The average molecular weight is 595 g/mol. The molecule has 0 spiro atoms. The lowest BCUT2D eigenvalue weighted by Gasteiger charge is -2.24. The third-order valence-electron chi connectivity index (χ3n) is 5.95. The van der Waals surface area contributed by atoms with Gasteiger partial charge in [-0.05, 0) is 43.3 Å². The van der Waals surface area contributed by atoms with E-state index in [2.05, 4.69) is 15.2 Å². The van der Waals surface area contributed by atoms with Crippen LogP contribution in [0.1, 0.15) is 33.8 Å². The lowest BCUT2D eigenvalue weighted by Crippen LogP contribution is -2.21. The summed E-state index contributed by atoms with van der Waals surface area (Å²) in [5.41, 5.74) is 1.19. The number of benzene rings is 3. The zero-order valence-corrected chi connectivity index (χ0v) is 23.0. The van der Waals surface area contributed by atoms with Gasteiger partial charge in [-0.1, -0.05) is 41.4 Å². The van der Waals surface area contributed by atoms with Crippen LogP contribution in [0.5, 0.6) is 23.0 Å². The van der Waals surface area contributed by atoms with E-state index >= 15 is 4.39 Å². The van der Waals surface area contributed by atoms with Gasteiger partial charge in [-0.2, -0.15) is 5.26 Å². The number of rotatable bonds is 6. The predicted molar refractivity (Wildman–Crippen MR) is 146 cm³/mol. The Kier molecular flexibility index (Phi) is 7.02. The zero-order chi connectivity index (χ0) is 27.8. The number of hydrogen-bond acceptors (Lipinski definition) is 9. The summed E-state index contributed by atoms with van der Waals surface area (Å²) in [6, 6.07) is 16.8. The minimum absolute atomic E-state index is 0.00752. The van der Waals surface area contributed by atoms with Gasteiger partial charge < -0.3 is 18.6 Å². The molecule has 0 saturated heterocycles. The quantitative estimate of drug-likeness (QED) is 0.197. The molecule has 8 nitrogen and oxygen atoms in total. The predicted octanol–water partition coefficient (Wildman–Crippen LogP) is 7.71. The summed E-state index contributed by atoms with van der Waals surface area (Å²) in [5.74, 6) is 1.08. The molecule has 40 heavy (non-hydrogen) atoms. The van der Waals surface area contributed by atoms with E-state index in [1.54, 1.807) is 0 Å². The highest BCUT2D eigenvalue weighted by molar-refractivity contribution is 7.15. The van der Waals surface area contributed by atoms with E-state index in [0.29, 0.717) is 33.7 Å². The minimum Gasteiger partial charge on any atom is -0.485 e. The van der Waals surface area contributed by atoms with E-state index in [0.717, 1.165) is 0 Å². The maximum absolute atomic E-state index is 15.5. The van der Waals surface area contributed by atoms with Gasteiger partial charge in [0.2, 0.25) is 5.89 Å². The first kappa shape index (κ1) is 26.1. The molecule has 5 aromatic rings. The second-order valence-electron chi connectivity index (χ2n) is 8.75. The van der Waals surface area contributed by atoms with Crippen LogP contribution in [-0.2, 0) is 6.42 Å². The summed E-state index contributed by atoms with van der Waals surface area (Å²) in [6.07, 6.45) is -0.382. The summed E-state index contributed by atoms with van der Waals surface area (Å²) < 4.78 is 38.9. The highest BCUT2D eigenvalue weighted by Gasteiger charge is 2.28. The zero-order valence-electron chi connectivity index (χ0n) is 20.7. The van der Waals surface area contributed by atoms with Crippen molar-refractivity contribution >= 4 is 34.5 Å². The molecule has 0 bridgehead atoms. The van der Waals surface area contributed by atoms with Gasteiger partial charge in [-0.3, -0.25) is 0 Å². The number of hydrogen-bond donors (Lipinski definition) is 0. The highest BCUT2D eigenvalue weighted by Crippen LogP contribution is 2.40. The summed E-state index contributed by atoms with van der Waals surface area (Å²) in [5, 5.41) is 18.5. The van der Waals surface area contributed by atoms with Gasteiger partial charge in [-0.25, -0.2) is 9.37 Å². The molecule has 1 unspecified atom stereocenters. The topological polar surface area (TPSA) is 103 Å². The van der Waals surface area contributed by atoms with Crippen LogP contribution >= 0.6 is 34.5 Å². The van der Waals surface area contributed by atoms with Gasteiger partial charge in [0.1, 0.15) is 22.2 Å². The molecule has 0 fully saturated rings. The van der Waals surface area contributed by atoms with Crippen molar-refractivity contribution in [3.63, 3.8) is 0 Å². The normalized spacial score (nSPS) is 14.1. The first-order chi connectivity index (χ1) is 19.4. The van der Waals surface area contributed by atoms with E-state index < -0.39 is 5.82 Å². The maximum Gasteiger partial charge on any atom is 0.259 e. The smallest absolute Gasteiger partial charge is 0.259 e. The van der Waals surface area contributed by atoms with Crippen molar-refractivity contribution in [3.8, 4) is 39.8 Å². The lowest BCUT2D eigenvalue weighted by atomic mass is 10.1. The Morgan fingerprint density at radius 2 is 1.95 bits per heavy atom. The fourth-order valence-corrected chi connectivity index (χ4v) is 5.49. The maximum atomic E-state index is 15.5. The standard InChI is InChI=1S/C28H17Cl2FN4O4S/c1-14-26(40-28(33-14)22-13-36-20-4-2-3-5-21(20)38-22)27-35-34-23(39-27)10-16-6-7-19(30)25(24(16)31)37-18-9-15(12-32)8-17(29)11-18/h2-9,11,22H,10,13H2,1H3. The van der Waals surface area contributed by atoms with Gasteiger partial charge in [0.25, 0.3) is 5.89 Å². The van der Waals surface area contributed by atoms with E-state index in [1.165, 1.54) is 41.7 Å². The van der Waals surface area contributed by atoms with Crippen molar-refractivity contribution in [2.45, 2.75) is 19.4 Å². The van der Waals surface area contributed by atoms with Crippen LogP contribution in [-0.4, -0.2) is 21.8 Å².